The molecule has 0 fully saturated rings. The van der Waals surface area contributed by atoms with E-state index in [0.29, 0.717) is 16.7 Å². The van der Waals surface area contributed by atoms with E-state index in [2.05, 4.69) is 41.5 Å². The Morgan fingerprint density at radius 2 is 0.458 bits per heavy atom. The van der Waals surface area contributed by atoms with Gasteiger partial charge in [0.2, 0.25) is 0 Å². The Bertz CT molecular complexity index is 1860. The average Bonchev–Trinajstić information content (AvgIpc) is 3.63. The first-order chi connectivity index (χ1) is 38.8. The van der Waals surface area contributed by atoms with Crippen LogP contribution in [0.2, 0.25) is 0 Å². The van der Waals surface area contributed by atoms with Gasteiger partial charge in [0.15, 0.2) is 0 Å². The van der Waals surface area contributed by atoms with Crippen molar-refractivity contribution >= 4 is 22.8 Å². The van der Waals surface area contributed by atoms with E-state index in [1.807, 2.05) is 93.6 Å². The minimum absolute atomic E-state index is 0. The van der Waals surface area contributed by atoms with Crippen LogP contribution in [0.1, 0.15) is 325 Å². The normalized spacial score (nSPS) is 13.9. The summed E-state index contributed by atoms with van der Waals surface area (Å²) in [6.07, 6.45) is 40.6. The molecule has 0 bridgehead atoms. The molecular weight excluding hydrogens is 1350 g/mol. The fourth-order valence-electron chi connectivity index (χ4n) is 11.8. The number of unbranched alkanes of at least 4 members (excludes halogenated alkanes) is 21. The van der Waals surface area contributed by atoms with Gasteiger partial charge in [-0.2, -0.15) is 0 Å². The Morgan fingerprint density at radius 3 is 0.627 bits per heavy atom. The molecule has 3 aromatic rings. The molecule has 2 radical (unpaired) electrons. The van der Waals surface area contributed by atoms with Crippen LogP contribution in [0.25, 0.3) is 0 Å². The van der Waals surface area contributed by atoms with E-state index >= 15 is 0 Å². The van der Waals surface area contributed by atoms with Crippen LogP contribution in [0.15, 0.2) is 72.8 Å². The fraction of sp³-hybridized carbons (Fsp3) is 0.739. The van der Waals surface area contributed by atoms with Crippen molar-refractivity contribution in [1.29, 1.82) is 0 Å². The van der Waals surface area contributed by atoms with E-state index in [1.54, 1.807) is 0 Å². The molecule has 0 spiro atoms. The van der Waals surface area contributed by atoms with E-state index in [0.717, 1.165) is 96.3 Å². The summed E-state index contributed by atoms with van der Waals surface area (Å²) in [5.41, 5.74) is 3.07. The van der Waals surface area contributed by atoms with Crippen molar-refractivity contribution in [1.82, 2.24) is 0 Å². The van der Waals surface area contributed by atoms with Gasteiger partial charge >= 0.3 is 81.7 Å². The van der Waals surface area contributed by atoms with Gasteiger partial charge in [0.05, 0.1) is 0 Å². The van der Waals surface area contributed by atoms with Crippen molar-refractivity contribution in [3.8, 4) is 0 Å². The number of aryl methyl sites for hydroxylation is 3. The molecule has 0 heterocycles. The number of rotatable bonds is 45. The van der Waals surface area contributed by atoms with Gasteiger partial charge < -0.3 is 43.1 Å². The van der Waals surface area contributed by atoms with Crippen LogP contribution in [0.4, 0.5) is 0 Å². The molecule has 0 aliphatic heterocycles. The number of hydrogen-bond acceptors (Lipinski definition) is 9. The molecule has 3 rings (SSSR count). The van der Waals surface area contributed by atoms with Gasteiger partial charge in [-0.05, 0) is 109 Å². The van der Waals surface area contributed by atoms with Crippen molar-refractivity contribution in [3.63, 3.8) is 0 Å². The summed E-state index contributed by atoms with van der Waals surface area (Å²) >= 11 is 0. The van der Waals surface area contributed by atoms with Gasteiger partial charge in [-0.1, -0.05) is 331 Å². The predicted octanol–water partition coefficient (Wildman–Crippen LogP) is 18.5. The summed E-state index contributed by atoms with van der Waals surface area (Å²) in [5.74, 6) is -0.251. The van der Waals surface area contributed by atoms with Crippen LogP contribution in [0.3, 0.4) is 0 Å². The molecule has 0 aliphatic carbocycles. The maximum atomic E-state index is 12.0. The van der Waals surface area contributed by atoms with E-state index in [9.17, 15) is 43.1 Å². The topological polar surface area (TPSA) is 190 Å². The Kier molecular flexibility index (Phi) is 54.3. The van der Waals surface area contributed by atoms with Crippen LogP contribution in [0, 0.1) is 99.4 Å². The monoisotopic (exact) mass is 1470 g/mol. The Balaban J connectivity index is 0. The molecule has 0 aliphatic rings. The SMILES string of the molecule is CCCCCCCCCc1ccc(C(C(CC)CCCC)P(=O)([O-])[O-])cc1.CCCCCCCCCc1ccc(C(C(CC)CCCC)P(=O)([O-])[O-])cc1.CCCCCCCCCc1ccc(C(C(CC)CCCC)P(=O)([O-])[O-])cc1.[Nd+3].[Nd+3]. The van der Waals surface area contributed by atoms with Crippen molar-refractivity contribution in [2.45, 2.75) is 310 Å². The quantitative estimate of drug-likeness (QED) is 0.0391. The van der Waals surface area contributed by atoms with Gasteiger partial charge in [-0.15, -0.1) is 0 Å². The molecular formula is C69H117Nd2O9P3. The Labute approximate surface area is 575 Å². The van der Waals surface area contributed by atoms with Crippen LogP contribution in [0.5, 0.6) is 0 Å². The second-order valence-electron chi connectivity index (χ2n) is 23.7. The number of benzene rings is 3. The maximum absolute atomic E-state index is 12.0. The van der Waals surface area contributed by atoms with Gasteiger partial charge in [0.25, 0.3) is 0 Å². The van der Waals surface area contributed by atoms with Crippen molar-refractivity contribution in [2.75, 3.05) is 0 Å². The molecule has 470 valence electrons. The zero-order chi connectivity index (χ0) is 60.4. The zero-order valence-electron chi connectivity index (χ0n) is 53.9. The minimum atomic E-state index is -4.67. The summed E-state index contributed by atoms with van der Waals surface area (Å²) < 4.78 is 35.9. The molecule has 14 heteroatoms. The largest absolute Gasteiger partial charge is 3.00 e. The Morgan fingerprint density at radius 1 is 0.277 bits per heavy atom. The van der Waals surface area contributed by atoms with E-state index < -0.39 is 39.8 Å². The first kappa shape index (κ1) is 85.9. The molecule has 0 N–H and O–H groups in total. The molecule has 0 saturated heterocycles. The third kappa shape index (κ3) is 39.0. The average molecular weight is 1470 g/mol. The number of hydrogen-bond donors (Lipinski definition) is 0. The molecule has 6 atom stereocenters. The van der Waals surface area contributed by atoms with Gasteiger partial charge in [-0.25, -0.2) is 0 Å². The molecule has 83 heavy (non-hydrogen) atoms. The van der Waals surface area contributed by atoms with Crippen LogP contribution < -0.4 is 29.4 Å². The summed E-state index contributed by atoms with van der Waals surface area (Å²) in [6.45, 7) is 18.9. The van der Waals surface area contributed by atoms with Crippen molar-refractivity contribution in [3.05, 3.63) is 106 Å². The minimum Gasteiger partial charge on any atom is -0.810 e. The summed E-state index contributed by atoms with van der Waals surface area (Å²) in [5, 5.41) is 0. The van der Waals surface area contributed by atoms with Gasteiger partial charge in [-0.3, -0.25) is 0 Å². The second-order valence-corrected chi connectivity index (χ2v) is 28.6. The summed E-state index contributed by atoms with van der Waals surface area (Å²) in [6, 6.07) is 23.3. The van der Waals surface area contributed by atoms with Crippen molar-refractivity contribution in [2.24, 2.45) is 17.8 Å². The maximum Gasteiger partial charge on any atom is 3.00 e. The Hall–Kier alpha value is 0.811. The first-order valence-electron chi connectivity index (χ1n) is 33.1. The van der Waals surface area contributed by atoms with Gasteiger partial charge in [0, 0.05) is 17.0 Å². The van der Waals surface area contributed by atoms with Crippen LogP contribution in [-0.2, 0) is 33.0 Å². The molecule has 0 saturated carbocycles. The molecule has 0 amide bonds. The first-order valence-corrected chi connectivity index (χ1v) is 38.0. The second kappa shape index (κ2) is 52.4. The molecule has 6 unspecified atom stereocenters. The van der Waals surface area contributed by atoms with E-state index in [1.165, 1.54) is 152 Å². The van der Waals surface area contributed by atoms with Crippen molar-refractivity contribution < 1.29 is 125 Å². The predicted molar refractivity (Wildman–Crippen MR) is 335 cm³/mol. The summed E-state index contributed by atoms with van der Waals surface area (Å²) in [4.78, 5) is 71.8. The van der Waals surface area contributed by atoms with Gasteiger partial charge in [0.1, 0.15) is 0 Å². The fourth-order valence-corrected chi connectivity index (χ4v) is 16.0. The zero-order valence-corrected chi connectivity index (χ0v) is 63.0. The van der Waals surface area contributed by atoms with E-state index in [-0.39, 0.29) is 99.4 Å². The van der Waals surface area contributed by atoms with Crippen LogP contribution >= 0.6 is 22.8 Å². The third-order valence-electron chi connectivity index (χ3n) is 16.9. The third-order valence-corrected chi connectivity index (χ3v) is 21.1. The standard InChI is InChI=1S/3C23H41O3P.2Nd/c3*1-4-7-9-10-11-12-13-14-20-16-18-22(19-17-20)23(27(24,25)26)21(6-3)15-8-5-2;;/h3*16-19,21,23H,4-15H2,1-3H3,(H2,24,25,26);;/q;;;2*+3/p-6. The smallest absolute Gasteiger partial charge is 0.810 e. The van der Waals surface area contributed by atoms with Crippen LogP contribution in [-0.4, -0.2) is 0 Å². The molecule has 0 aromatic heterocycles. The summed E-state index contributed by atoms with van der Waals surface area (Å²) in [7, 11) is -14.0. The molecule has 9 nitrogen and oxygen atoms in total. The molecule has 3 aromatic carbocycles. The van der Waals surface area contributed by atoms with E-state index in [4.69, 9.17) is 0 Å².